The molecule has 0 spiro atoms. The van der Waals surface area contributed by atoms with Crippen LogP contribution in [0.2, 0.25) is 0 Å². The molecule has 0 heterocycles. The van der Waals surface area contributed by atoms with Crippen LogP contribution >= 0.6 is 63.7 Å². The fourth-order valence-electron chi connectivity index (χ4n) is 3.92. The fraction of sp³-hybridized carbons (Fsp3) is 0.167. The van der Waals surface area contributed by atoms with Crippen LogP contribution in [0.3, 0.4) is 0 Å². The summed E-state index contributed by atoms with van der Waals surface area (Å²) in [5.74, 6) is 0. The van der Waals surface area contributed by atoms with Crippen molar-refractivity contribution >= 4 is 63.7 Å². The molecular formula is C24H16Br4. The summed E-state index contributed by atoms with van der Waals surface area (Å²) in [6.45, 7) is 0. The molecule has 2 aromatic carbocycles. The lowest BCUT2D eigenvalue weighted by atomic mass is 9.82. The Morgan fingerprint density at radius 1 is 0.321 bits per heavy atom. The number of hydrogen-bond donors (Lipinski definition) is 0. The van der Waals surface area contributed by atoms with Crippen LogP contribution in [0.1, 0.15) is 22.3 Å². The summed E-state index contributed by atoms with van der Waals surface area (Å²) in [7, 11) is 0. The molecule has 0 saturated heterocycles. The van der Waals surface area contributed by atoms with E-state index in [-0.39, 0.29) is 17.3 Å². The van der Waals surface area contributed by atoms with Gasteiger partial charge in [-0.3, -0.25) is 0 Å². The lowest BCUT2D eigenvalue weighted by molar-refractivity contribution is 0.874. The molecule has 0 unspecified atom stereocenters. The number of alkyl halides is 4. The normalized spacial score (nSPS) is 37.3. The molecule has 0 amide bonds. The van der Waals surface area contributed by atoms with Gasteiger partial charge in [-0.1, -0.05) is 161 Å². The maximum Gasteiger partial charge on any atom is 0.0867 e. The first-order valence-corrected chi connectivity index (χ1v) is 12.2. The second kappa shape index (κ2) is 6.41. The van der Waals surface area contributed by atoms with Gasteiger partial charge >= 0.3 is 0 Å². The van der Waals surface area contributed by atoms with Crippen molar-refractivity contribution in [1.82, 2.24) is 0 Å². The Morgan fingerprint density at radius 3 is 0.607 bits per heavy atom. The van der Waals surface area contributed by atoms with Gasteiger partial charge < -0.3 is 0 Å². The Kier molecular flexibility index (Phi) is 4.41. The molecule has 9 aliphatic rings. The van der Waals surface area contributed by atoms with Crippen molar-refractivity contribution in [3.05, 3.63) is 119 Å². The van der Waals surface area contributed by atoms with Gasteiger partial charge in [0.2, 0.25) is 0 Å². The Hall–Kier alpha value is -0.680. The van der Waals surface area contributed by atoms with Gasteiger partial charge in [-0.2, -0.15) is 0 Å². The number of halogens is 4. The van der Waals surface area contributed by atoms with Crippen LogP contribution in [0.5, 0.6) is 0 Å². The van der Waals surface area contributed by atoms with Gasteiger partial charge in [-0.25, -0.2) is 0 Å². The first kappa shape index (κ1) is 19.3. The van der Waals surface area contributed by atoms with E-state index in [4.69, 9.17) is 0 Å². The minimum Gasteiger partial charge on any atom is -0.0709 e. The Bertz CT molecular complexity index is 857. The van der Waals surface area contributed by atoms with Crippen LogP contribution in [0, 0.1) is 0 Å². The molecule has 0 aliphatic heterocycles. The molecule has 8 bridgehead atoms. The third kappa shape index (κ3) is 2.94. The van der Waals surface area contributed by atoms with Crippen molar-refractivity contribution in [3.8, 4) is 0 Å². The third-order valence-electron chi connectivity index (χ3n) is 5.81. The van der Waals surface area contributed by atoms with Crippen LogP contribution in [0.25, 0.3) is 0 Å². The van der Waals surface area contributed by atoms with E-state index >= 15 is 0 Å². The molecule has 4 heteroatoms. The first-order valence-electron chi connectivity index (χ1n) is 9.04. The molecule has 28 heavy (non-hydrogen) atoms. The molecule has 0 nitrogen and oxygen atoms in total. The highest BCUT2D eigenvalue weighted by Crippen LogP contribution is 2.49. The van der Waals surface area contributed by atoms with Crippen molar-refractivity contribution in [2.75, 3.05) is 0 Å². The number of rotatable bonds is 0. The van der Waals surface area contributed by atoms with Crippen LogP contribution < -0.4 is 0 Å². The molecule has 0 N–H and O–H groups in total. The Balaban J connectivity index is 1.74. The molecule has 0 fully saturated rings. The fourth-order valence-corrected chi connectivity index (χ4v) is 6.04. The highest BCUT2D eigenvalue weighted by Gasteiger charge is 2.36. The third-order valence-corrected chi connectivity index (χ3v) is 9.76. The number of benzene rings is 2. The summed E-state index contributed by atoms with van der Waals surface area (Å²) in [4.78, 5) is 0. The predicted octanol–water partition coefficient (Wildman–Crippen LogP) is 8.01. The zero-order chi connectivity index (χ0) is 19.6. The summed E-state index contributed by atoms with van der Waals surface area (Å²) < 4.78 is -1.21. The lowest BCUT2D eigenvalue weighted by Crippen LogP contribution is -2.25. The van der Waals surface area contributed by atoms with Gasteiger partial charge in [0.25, 0.3) is 0 Å². The Morgan fingerprint density at radius 2 is 0.464 bits per heavy atom. The molecule has 0 radical (unpaired) electrons. The van der Waals surface area contributed by atoms with E-state index in [1.807, 2.05) is 0 Å². The molecule has 2 aromatic rings. The van der Waals surface area contributed by atoms with Gasteiger partial charge in [0.15, 0.2) is 0 Å². The van der Waals surface area contributed by atoms with E-state index in [0.29, 0.717) is 0 Å². The maximum atomic E-state index is 3.93. The van der Waals surface area contributed by atoms with Crippen LogP contribution in [0.15, 0.2) is 97.1 Å². The molecule has 0 atom stereocenters. The average Bonchev–Trinajstić information content (AvgIpc) is 2.73. The van der Waals surface area contributed by atoms with Crippen molar-refractivity contribution in [2.45, 2.75) is 17.3 Å². The largest absolute Gasteiger partial charge is 0.0867 e. The maximum absolute atomic E-state index is 3.93. The van der Waals surface area contributed by atoms with E-state index in [2.05, 4.69) is 161 Å². The number of hydrogen-bond acceptors (Lipinski definition) is 0. The first-order chi connectivity index (χ1) is 13.2. The monoisotopic (exact) mass is 620 g/mol. The smallest absolute Gasteiger partial charge is 0.0709 e. The van der Waals surface area contributed by atoms with E-state index in [1.165, 1.54) is 22.3 Å². The topological polar surface area (TPSA) is 0 Å². The van der Waals surface area contributed by atoms with Crippen molar-refractivity contribution in [2.24, 2.45) is 0 Å². The molecule has 11 rings (SSSR count). The summed E-state index contributed by atoms with van der Waals surface area (Å²) >= 11 is 15.7. The summed E-state index contributed by atoms with van der Waals surface area (Å²) in [6, 6.07) is 17.6. The van der Waals surface area contributed by atoms with E-state index in [1.54, 1.807) is 0 Å². The second-order valence-corrected chi connectivity index (χ2v) is 12.8. The van der Waals surface area contributed by atoms with Gasteiger partial charge in [0.05, 0.1) is 17.3 Å². The van der Waals surface area contributed by atoms with E-state index < -0.39 is 0 Å². The summed E-state index contributed by atoms with van der Waals surface area (Å²) in [5, 5.41) is 0. The quantitative estimate of drug-likeness (QED) is 0.206. The molecule has 9 aliphatic carbocycles. The lowest BCUT2D eigenvalue weighted by Gasteiger charge is -2.34. The second-order valence-electron chi connectivity index (χ2n) is 7.56. The standard InChI is InChI=1S/C24H16Br4/c25-21-9-11-23(27,12-10-21)19-5-7-20(8-6-19)24(28)15-13-22(26,14-16-24)18-2-1-17(21)3-4-18/h1-16H. The van der Waals surface area contributed by atoms with E-state index in [0.717, 1.165) is 0 Å². The number of allylic oxidation sites excluding steroid dienone is 8. The van der Waals surface area contributed by atoms with Gasteiger partial charge in [-0.15, -0.1) is 0 Å². The Labute approximate surface area is 199 Å². The van der Waals surface area contributed by atoms with Gasteiger partial charge in [0, 0.05) is 0 Å². The minimum absolute atomic E-state index is 0.303. The highest BCUT2D eigenvalue weighted by atomic mass is 79.9. The van der Waals surface area contributed by atoms with Crippen LogP contribution in [-0.2, 0) is 17.3 Å². The molecule has 0 saturated carbocycles. The van der Waals surface area contributed by atoms with Crippen molar-refractivity contribution < 1.29 is 0 Å². The van der Waals surface area contributed by atoms with Crippen molar-refractivity contribution in [1.29, 1.82) is 0 Å². The highest BCUT2D eigenvalue weighted by molar-refractivity contribution is 9.10. The van der Waals surface area contributed by atoms with Gasteiger partial charge in [-0.05, 0) is 22.3 Å². The molecule has 0 aromatic heterocycles. The summed E-state index contributed by atoms with van der Waals surface area (Å²) in [5.41, 5.74) is 4.82. The van der Waals surface area contributed by atoms with Gasteiger partial charge in [0.1, 0.15) is 0 Å². The zero-order valence-corrected chi connectivity index (χ0v) is 21.1. The SMILES string of the molecule is BrC12C=CC(Br)(C=C1)c1ccc(cc1)C1(Br)C=CC(Br)(C=C1)c1ccc2cc1. The molecule has 140 valence electrons. The van der Waals surface area contributed by atoms with E-state index in [9.17, 15) is 0 Å². The average molecular weight is 624 g/mol. The van der Waals surface area contributed by atoms with Crippen LogP contribution in [0.4, 0.5) is 0 Å². The predicted molar refractivity (Wildman–Crippen MR) is 132 cm³/mol. The molecular weight excluding hydrogens is 608 g/mol. The minimum atomic E-state index is -0.303. The summed E-state index contributed by atoms with van der Waals surface area (Å²) in [6.07, 6.45) is 17.8. The zero-order valence-electron chi connectivity index (χ0n) is 14.7. The van der Waals surface area contributed by atoms with Crippen LogP contribution in [-0.4, -0.2) is 0 Å². The van der Waals surface area contributed by atoms with Crippen molar-refractivity contribution in [3.63, 3.8) is 0 Å².